The van der Waals surface area contributed by atoms with Crippen molar-refractivity contribution in [1.29, 1.82) is 0 Å². The summed E-state index contributed by atoms with van der Waals surface area (Å²) in [5.74, 6) is 5.85. The predicted octanol–water partition coefficient (Wildman–Crippen LogP) is 1.22. The van der Waals surface area contributed by atoms with Crippen molar-refractivity contribution < 1.29 is 0 Å². The minimum absolute atomic E-state index is 0.0889. The lowest BCUT2D eigenvalue weighted by molar-refractivity contribution is 0.521. The van der Waals surface area contributed by atoms with Crippen molar-refractivity contribution in [2.45, 2.75) is 19.9 Å². The van der Waals surface area contributed by atoms with E-state index in [2.05, 4.69) is 30.3 Å². The molecule has 5 heteroatoms. The largest absolute Gasteiger partial charge is 0.369 e. The van der Waals surface area contributed by atoms with Crippen molar-refractivity contribution >= 4 is 17.3 Å². The first-order chi connectivity index (χ1) is 6.65. The van der Waals surface area contributed by atoms with Crippen LogP contribution in [-0.4, -0.2) is 5.96 Å². The first-order valence-corrected chi connectivity index (χ1v) is 5.36. The molecule has 1 aromatic rings. The van der Waals surface area contributed by atoms with Gasteiger partial charge in [-0.1, -0.05) is 19.9 Å². The van der Waals surface area contributed by atoms with Gasteiger partial charge in [0.15, 0.2) is 0 Å². The Balaban J connectivity index is 2.86. The molecule has 1 atom stereocenters. The monoisotopic (exact) mass is 212 g/mol. The molecule has 0 radical (unpaired) electrons. The Morgan fingerprint density at radius 1 is 1.57 bits per heavy atom. The minimum atomic E-state index is 0.0889. The number of guanidine groups is 1. The van der Waals surface area contributed by atoms with Gasteiger partial charge in [-0.25, -0.2) is 10.8 Å². The van der Waals surface area contributed by atoms with Crippen LogP contribution >= 0.6 is 11.3 Å². The van der Waals surface area contributed by atoms with Gasteiger partial charge >= 0.3 is 0 Å². The van der Waals surface area contributed by atoms with E-state index < -0.39 is 0 Å². The Labute approximate surface area is 88.0 Å². The molecule has 5 N–H and O–H groups in total. The summed E-state index contributed by atoms with van der Waals surface area (Å²) >= 11 is 1.68. The van der Waals surface area contributed by atoms with Crippen molar-refractivity contribution in [3.05, 3.63) is 22.4 Å². The summed E-state index contributed by atoms with van der Waals surface area (Å²) in [4.78, 5) is 5.51. The molecule has 1 unspecified atom stereocenters. The Hall–Kier alpha value is -1.07. The number of nitrogens with one attached hydrogen (secondary N) is 1. The zero-order valence-corrected chi connectivity index (χ0v) is 9.21. The Kier molecular flexibility index (Phi) is 3.91. The van der Waals surface area contributed by atoms with Crippen LogP contribution in [0.3, 0.4) is 0 Å². The van der Waals surface area contributed by atoms with E-state index in [1.165, 1.54) is 4.88 Å². The van der Waals surface area contributed by atoms with E-state index >= 15 is 0 Å². The number of hydrogen-bond donors (Lipinski definition) is 3. The number of hydrazine groups is 1. The summed E-state index contributed by atoms with van der Waals surface area (Å²) in [7, 11) is 0. The van der Waals surface area contributed by atoms with Crippen molar-refractivity contribution in [2.24, 2.45) is 22.5 Å². The Morgan fingerprint density at radius 3 is 2.71 bits per heavy atom. The van der Waals surface area contributed by atoms with Crippen molar-refractivity contribution in [1.82, 2.24) is 5.43 Å². The maximum atomic E-state index is 5.54. The van der Waals surface area contributed by atoms with Gasteiger partial charge in [-0.05, 0) is 17.4 Å². The molecule has 1 aromatic heterocycles. The van der Waals surface area contributed by atoms with Crippen molar-refractivity contribution in [3.8, 4) is 0 Å². The molecule has 0 aliphatic heterocycles. The molecule has 0 fully saturated rings. The van der Waals surface area contributed by atoms with Crippen LogP contribution in [0, 0.1) is 5.92 Å². The lowest BCUT2D eigenvalue weighted by Crippen LogP contribution is -2.37. The maximum Gasteiger partial charge on any atom is 0.203 e. The third-order valence-corrected chi connectivity index (χ3v) is 2.84. The van der Waals surface area contributed by atoms with Crippen LogP contribution in [0.4, 0.5) is 0 Å². The summed E-state index contributed by atoms with van der Waals surface area (Å²) in [6.45, 7) is 4.22. The Morgan fingerprint density at radius 2 is 2.29 bits per heavy atom. The minimum Gasteiger partial charge on any atom is -0.369 e. The van der Waals surface area contributed by atoms with E-state index in [0.717, 1.165) is 0 Å². The SMILES string of the molecule is CC(C)C(N=C(N)NN)c1cccs1. The molecule has 0 aliphatic carbocycles. The molecular formula is C9H16N4S. The zero-order chi connectivity index (χ0) is 10.6. The normalized spacial score (nSPS) is 14.4. The molecule has 0 spiro atoms. The number of thiophene rings is 1. The van der Waals surface area contributed by atoms with Crippen LogP contribution in [0.2, 0.25) is 0 Å². The predicted molar refractivity (Wildman–Crippen MR) is 60.8 cm³/mol. The first kappa shape index (κ1) is 11.0. The van der Waals surface area contributed by atoms with Crippen LogP contribution in [0.5, 0.6) is 0 Å². The van der Waals surface area contributed by atoms with Crippen LogP contribution < -0.4 is 17.0 Å². The highest BCUT2D eigenvalue weighted by atomic mass is 32.1. The third kappa shape index (κ3) is 2.71. The Bertz CT molecular complexity index is 292. The summed E-state index contributed by atoms with van der Waals surface area (Å²) in [5, 5.41) is 2.03. The molecule has 0 amide bonds. The molecule has 0 aromatic carbocycles. The number of rotatable bonds is 3. The van der Waals surface area contributed by atoms with Crippen molar-refractivity contribution in [3.63, 3.8) is 0 Å². The van der Waals surface area contributed by atoms with E-state index in [4.69, 9.17) is 11.6 Å². The summed E-state index contributed by atoms with van der Waals surface area (Å²) in [5.41, 5.74) is 7.88. The van der Waals surface area contributed by atoms with Crippen LogP contribution in [-0.2, 0) is 0 Å². The molecule has 1 heterocycles. The lowest BCUT2D eigenvalue weighted by Gasteiger charge is -2.15. The molecule has 0 saturated carbocycles. The molecular weight excluding hydrogens is 196 g/mol. The second kappa shape index (κ2) is 4.97. The highest BCUT2D eigenvalue weighted by molar-refractivity contribution is 7.10. The van der Waals surface area contributed by atoms with Gasteiger partial charge in [0.2, 0.25) is 5.96 Å². The van der Waals surface area contributed by atoms with E-state index in [1.54, 1.807) is 11.3 Å². The lowest BCUT2D eigenvalue weighted by atomic mass is 10.0. The maximum absolute atomic E-state index is 5.54. The van der Waals surface area contributed by atoms with Gasteiger partial charge in [0.1, 0.15) is 0 Å². The number of nitrogens with two attached hydrogens (primary N) is 2. The molecule has 78 valence electrons. The molecule has 14 heavy (non-hydrogen) atoms. The fourth-order valence-corrected chi connectivity index (χ4v) is 2.12. The van der Waals surface area contributed by atoms with Gasteiger partial charge in [-0.3, -0.25) is 5.43 Å². The fourth-order valence-electron chi connectivity index (χ4n) is 1.19. The first-order valence-electron chi connectivity index (χ1n) is 4.48. The highest BCUT2D eigenvalue weighted by Crippen LogP contribution is 2.29. The van der Waals surface area contributed by atoms with E-state index in [1.807, 2.05) is 11.4 Å². The number of aliphatic imine (C=N–C) groups is 1. The zero-order valence-electron chi connectivity index (χ0n) is 8.40. The highest BCUT2D eigenvalue weighted by Gasteiger charge is 2.15. The summed E-state index contributed by atoms with van der Waals surface area (Å²) in [6.07, 6.45) is 0. The van der Waals surface area contributed by atoms with Gasteiger partial charge in [0.25, 0.3) is 0 Å². The second-order valence-electron chi connectivity index (χ2n) is 3.36. The quantitative estimate of drug-likeness (QED) is 0.305. The van der Waals surface area contributed by atoms with Gasteiger partial charge in [-0.2, -0.15) is 0 Å². The average Bonchev–Trinajstić information content (AvgIpc) is 2.65. The number of nitrogens with zero attached hydrogens (tertiary/aromatic N) is 1. The number of hydrogen-bond acceptors (Lipinski definition) is 3. The fraction of sp³-hybridized carbons (Fsp3) is 0.444. The smallest absolute Gasteiger partial charge is 0.203 e. The second-order valence-corrected chi connectivity index (χ2v) is 4.34. The van der Waals surface area contributed by atoms with Crippen LogP contribution in [0.25, 0.3) is 0 Å². The van der Waals surface area contributed by atoms with E-state index in [0.29, 0.717) is 5.92 Å². The topological polar surface area (TPSA) is 76.4 Å². The molecule has 0 bridgehead atoms. The van der Waals surface area contributed by atoms with Crippen LogP contribution in [0.1, 0.15) is 24.8 Å². The standard InChI is InChI=1S/C9H16N4S/c1-6(2)8(12-9(10)13-11)7-4-3-5-14-7/h3-6,8H,11H2,1-2H3,(H3,10,12,13). The van der Waals surface area contributed by atoms with E-state index in [-0.39, 0.29) is 12.0 Å². The van der Waals surface area contributed by atoms with Gasteiger partial charge in [0, 0.05) is 4.88 Å². The third-order valence-electron chi connectivity index (χ3n) is 1.89. The van der Waals surface area contributed by atoms with Crippen LogP contribution in [0.15, 0.2) is 22.5 Å². The molecule has 0 saturated heterocycles. The molecule has 1 rings (SSSR count). The summed E-state index contributed by atoms with van der Waals surface area (Å²) < 4.78 is 0. The summed E-state index contributed by atoms with van der Waals surface area (Å²) in [6, 6.07) is 4.16. The van der Waals surface area contributed by atoms with Gasteiger partial charge < -0.3 is 5.73 Å². The van der Waals surface area contributed by atoms with Gasteiger partial charge in [-0.15, -0.1) is 11.3 Å². The average molecular weight is 212 g/mol. The van der Waals surface area contributed by atoms with E-state index in [9.17, 15) is 0 Å². The molecule has 4 nitrogen and oxygen atoms in total. The van der Waals surface area contributed by atoms with Gasteiger partial charge in [0.05, 0.1) is 6.04 Å². The van der Waals surface area contributed by atoms with Crippen molar-refractivity contribution in [2.75, 3.05) is 0 Å². The molecule has 0 aliphatic rings.